The van der Waals surface area contributed by atoms with Gasteiger partial charge in [0.2, 0.25) is 0 Å². The lowest BCUT2D eigenvalue weighted by Gasteiger charge is -2.38. The average Bonchev–Trinajstić information content (AvgIpc) is 2.80. The van der Waals surface area contributed by atoms with Crippen LogP contribution in [0.4, 0.5) is 0 Å². The van der Waals surface area contributed by atoms with E-state index >= 15 is 0 Å². The van der Waals surface area contributed by atoms with Crippen molar-refractivity contribution >= 4 is 17.7 Å². The number of dihydropyridines is 1. The Balaban J connectivity index is 2.03. The highest BCUT2D eigenvalue weighted by Gasteiger charge is 2.47. The molecule has 0 spiro atoms. The van der Waals surface area contributed by atoms with E-state index in [0.717, 1.165) is 11.3 Å². The average molecular weight is 472 g/mol. The molecule has 1 aliphatic carbocycles. The molecule has 0 bridgehead atoms. The van der Waals surface area contributed by atoms with E-state index in [0.29, 0.717) is 29.0 Å². The maximum absolute atomic E-state index is 13.7. The fraction of sp³-hybridized carbons (Fsp3) is 0.500. The molecular formula is C26H33NO7. The van der Waals surface area contributed by atoms with Crippen LogP contribution < -0.4 is 10.1 Å². The summed E-state index contributed by atoms with van der Waals surface area (Å²) >= 11 is 0. The number of hydrogen-bond acceptors (Lipinski definition) is 8. The van der Waals surface area contributed by atoms with Crippen LogP contribution in [-0.4, -0.2) is 51.3 Å². The van der Waals surface area contributed by atoms with Gasteiger partial charge in [-0.05, 0) is 50.8 Å². The fourth-order valence-corrected chi connectivity index (χ4v) is 4.58. The zero-order chi connectivity index (χ0) is 25.0. The molecule has 8 nitrogen and oxygen atoms in total. The second-order valence-electron chi connectivity index (χ2n) is 8.86. The summed E-state index contributed by atoms with van der Waals surface area (Å²) < 4.78 is 21.2. The SMILES string of the molecule is COC(=O)[C@@H]1C(=O)C2=C(C[C@@H]1C)NC(C)=C(C(=O)OCCOC(C)C)[C@H]2c1ccc(OC)cc1. The summed E-state index contributed by atoms with van der Waals surface area (Å²) in [6.07, 6.45) is 0.503. The lowest BCUT2D eigenvalue weighted by Crippen LogP contribution is -2.43. The minimum absolute atomic E-state index is 0.0212. The summed E-state index contributed by atoms with van der Waals surface area (Å²) in [5, 5.41) is 3.25. The van der Waals surface area contributed by atoms with E-state index in [2.05, 4.69) is 5.32 Å². The van der Waals surface area contributed by atoms with Gasteiger partial charge in [0, 0.05) is 22.9 Å². The van der Waals surface area contributed by atoms with Gasteiger partial charge in [0.25, 0.3) is 0 Å². The number of hydrogen-bond donors (Lipinski definition) is 1. The normalized spacial score (nSPS) is 22.3. The summed E-state index contributed by atoms with van der Waals surface area (Å²) in [5.41, 5.74) is 2.79. The molecular weight excluding hydrogens is 438 g/mol. The topological polar surface area (TPSA) is 100 Å². The number of ether oxygens (including phenoxy) is 4. The summed E-state index contributed by atoms with van der Waals surface area (Å²) in [5.74, 6) is -2.65. The van der Waals surface area contributed by atoms with E-state index in [1.165, 1.54) is 7.11 Å². The molecule has 1 N–H and O–H groups in total. The summed E-state index contributed by atoms with van der Waals surface area (Å²) in [7, 11) is 2.84. The zero-order valence-corrected chi connectivity index (χ0v) is 20.6. The third-order valence-corrected chi connectivity index (χ3v) is 6.18. The van der Waals surface area contributed by atoms with Crippen molar-refractivity contribution < 1.29 is 33.3 Å². The third kappa shape index (κ3) is 5.17. The number of benzene rings is 1. The van der Waals surface area contributed by atoms with Gasteiger partial charge >= 0.3 is 11.9 Å². The Bertz CT molecular complexity index is 1010. The van der Waals surface area contributed by atoms with Crippen molar-refractivity contribution in [3.8, 4) is 5.75 Å². The van der Waals surface area contributed by atoms with Crippen LogP contribution >= 0.6 is 0 Å². The van der Waals surface area contributed by atoms with Gasteiger partial charge < -0.3 is 24.3 Å². The van der Waals surface area contributed by atoms with Gasteiger partial charge in [-0.3, -0.25) is 9.59 Å². The number of methoxy groups -OCH3 is 2. The van der Waals surface area contributed by atoms with Gasteiger partial charge in [-0.15, -0.1) is 0 Å². The van der Waals surface area contributed by atoms with Crippen LogP contribution in [0.2, 0.25) is 0 Å². The van der Waals surface area contributed by atoms with Crippen molar-refractivity contribution in [2.75, 3.05) is 27.4 Å². The number of ketones is 1. The Hall–Kier alpha value is -3.13. The minimum atomic E-state index is -0.929. The van der Waals surface area contributed by atoms with Crippen LogP contribution in [0.25, 0.3) is 0 Å². The molecule has 1 aromatic rings. The largest absolute Gasteiger partial charge is 0.497 e. The number of allylic oxidation sites excluding steroid dienone is 3. The van der Waals surface area contributed by atoms with Crippen molar-refractivity contribution in [2.45, 2.75) is 46.1 Å². The van der Waals surface area contributed by atoms with Crippen LogP contribution in [0.5, 0.6) is 5.75 Å². The molecule has 0 aromatic heterocycles. The fourth-order valence-electron chi connectivity index (χ4n) is 4.58. The molecule has 1 heterocycles. The summed E-state index contributed by atoms with van der Waals surface area (Å²) in [4.78, 5) is 39.4. The highest BCUT2D eigenvalue weighted by molar-refractivity contribution is 6.12. The minimum Gasteiger partial charge on any atom is -0.497 e. The lowest BCUT2D eigenvalue weighted by molar-refractivity contribution is -0.151. The molecule has 34 heavy (non-hydrogen) atoms. The monoisotopic (exact) mass is 471 g/mol. The Kier molecular flexibility index (Phi) is 8.15. The zero-order valence-electron chi connectivity index (χ0n) is 20.6. The molecule has 184 valence electrons. The molecule has 1 aliphatic heterocycles. The molecule has 0 saturated carbocycles. The first-order chi connectivity index (χ1) is 16.2. The van der Waals surface area contributed by atoms with Crippen molar-refractivity contribution in [3.05, 3.63) is 52.4 Å². The number of nitrogens with one attached hydrogen (secondary N) is 1. The molecule has 0 unspecified atom stereocenters. The Morgan fingerprint density at radius 1 is 1.12 bits per heavy atom. The number of esters is 2. The first-order valence-corrected chi connectivity index (χ1v) is 11.4. The molecule has 3 rings (SSSR count). The van der Waals surface area contributed by atoms with E-state index in [-0.39, 0.29) is 31.0 Å². The second-order valence-corrected chi connectivity index (χ2v) is 8.86. The molecule has 8 heteroatoms. The van der Waals surface area contributed by atoms with E-state index in [9.17, 15) is 14.4 Å². The van der Waals surface area contributed by atoms with Crippen molar-refractivity contribution in [3.63, 3.8) is 0 Å². The van der Waals surface area contributed by atoms with E-state index < -0.39 is 23.8 Å². The molecule has 0 radical (unpaired) electrons. The molecule has 3 atom stereocenters. The van der Waals surface area contributed by atoms with Crippen molar-refractivity contribution in [2.24, 2.45) is 11.8 Å². The quantitative estimate of drug-likeness (QED) is 0.350. The lowest BCUT2D eigenvalue weighted by atomic mass is 9.69. The highest BCUT2D eigenvalue weighted by atomic mass is 16.6. The number of rotatable bonds is 8. The first-order valence-electron chi connectivity index (χ1n) is 11.4. The Morgan fingerprint density at radius 2 is 1.79 bits per heavy atom. The Labute approximate surface area is 200 Å². The van der Waals surface area contributed by atoms with Crippen molar-refractivity contribution in [1.82, 2.24) is 5.32 Å². The van der Waals surface area contributed by atoms with Crippen LogP contribution in [0.15, 0.2) is 46.8 Å². The van der Waals surface area contributed by atoms with Crippen LogP contribution in [-0.2, 0) is 28.6 Å². The number of carbonyl (C=O) groups excluding carboxylic acids is 3. The predicted molar refractivity (Wildman–Crippen MR) is 125 cm³/mol. The first kappa shape index (κ1) is 25.5. The van der Waals surface area contributed by atoms with Gasteiger partial charge in [-0.1, -0.05) is 19.1 Å². The van der Waals surface area contributed by atoms with Gasteiger partial charge in [-0.25, -0.2) is 4.79 Å². The Morgan fingerprint density at radius 3 is 2.38 bits per heavy atom. The van der Waals surface area contributed by atoms with Crippen LogP contribution in [0, 0.1) is 11.8 Å². The molecule has 1 aromatic carbocycles. The maximum Gasteiger partial charge on any atom is 0.336 e. The molecule has 2 aliphatic rings. The summed E-state index contributed by atoms with van der Waals surface area (Å²) in [6, 6.07) is 7.20. The predicted octanol–water partition coefficient (Wildman–Crippen LogP) is 3.28. The van der Waals surface area contributed by atoms with E-state index in [1.54, 1.807) is 26.2 Å². The molecule has 0 fully saturated rings. The number of Topliss-reactive ketones (excluding diaryl/α,β-unsaturated/α-hetero) is 1. The molecule has 0 amide bonds. The van der Waals surface area contributed by atoms with Crippen LogP contribution in [0.1, 0.15) is 45.6 Å². The van der Waals surface area contributed by atoms with Gasteiger partial charge in [-0.2, -0.15) is 0 Å². The smallest absolute Gasteiger partial charge is 0.336 e. The van der Waals surface area contributed by atoms with Crippen LogP contribution in [0.3, 0.4) is 0 Å². The van der Waals surface area contributed by atoms with Gasteiger partial charge in [0.1, 0.15) is 18.3 Å². The molecule has 0 saturated heterocycles. The van der Waals surface area contributed by atoms with Gasteiger partial charge in [0.15, 0.2) is 5.78 Å². The summed E-state index contributed by atoms with van der Waals surface area (Å²) in [6.45, 7) is 7.81. The number of carbonyl (C=O) groups is 3. The second kappa shape index (κ2) is 10.9. The maximum atomic E-state index is 13.7. The standard InChI is InChI=1S/C26H33NO7/c1-14(2)33-11-12-34-26(30)21-16(4)27-19-13-15(3)20(25(29)32-6)24(28)23(19)22(21)17-7-9-18(31-5)10-8-17/h7-10,14-15,20,22,27H,11-13H2,1-6H3/t15-,20-,22+/m0/s1. The highest BCUT2D eigenvalue weighted by Crippen LogP contribution is 2.45. The van der Waals surface area contributed by atoms with Crippen molar-refractivity contribution in [1.29, 1.82) is 0 Å². The van der Waals surface area contributed by atoms with E-state index in [4.69, 9.17) is 18.9 Å². The van der Waals surface area contributed by atoms with E-state index in [1.807, 2.05) is 32.9 Å². The third-order valence-electron chi connectivity index (χ3n) is 6.18. The van der Waals surface area contributed by atoms with Gasteiger partial charge in [0.05, 0.1) is 32.5 Å².